The Kier molecular flexibility index (Phi) is 6.29. The summed E-state index contributed by atoms with van der Waals surface area (Å²) in [5, 5.41) is 10.6. The summed E-state index contributed by atoms with van der Waals surface area (Å²) in [5.41, 5.74) is 5.01. The van der Waals surface area contributed by atoms with Crippen molar-refractivity contribution in [2.75, 3.05) is 0 Å². The summed E-state index contributed by atoms with van der Waals surface area (Å²) in [4.78, 5) is 0. The molecule has 0 aliphatic heterocycles. The van der Waals surface area contributed by atoms with Crippen LogP contribution in [-0.2, 0) is 0 Å². The highest BCUT2D eigenvalue weighted by molar-refractivity contribution is 5.38. The highest BCUT2D eigenvalue weighted by atomic mass is 16.3. The van der Waals surface area contributed by atoms with Gasteiger partial charge < -0.3 is 5.11 Å². The number of hydrogen-bond donors (Lipinski definition) is 1. The van der Waals surface area contributed by atoms with Gasteiger partial charge in [0.15, 0.2) is 0 Å². The molecule has 0 heterocycles. The minimum absolute atomic E-state index is 0.0744. The van der Waals surface area contributed by atoms with E-state index < -0.39 is 0 Å². The van der Waals surface area contributed by atoms with Gasteiger partial charge in [0.25, 0.3) is 0 Å². The van der Waals surface area contributed by atoms with Gasteiger partial charge in [0.1, 0.15) is 0 Å². The fraction of sp³-hybridized carbons (Fsp3) is 0.933. The van der Waals surface area contributed by atoms with E-state index in [1.165, 1.54) is 57.8 Å². The Hall–Kier alpha value is -0.300. The van der Waals surface area contributed by atoms with E-state index >= 15 is 0 Å². The van der Waals surface area contributed by atoms with E-state index in [0.29, 0.717) is 28.1 Å². The summed E-state index contributed by atoms with van der Waals surface area (Å²) in [6.45, 7) is 20.1. The van der Waals surface area contributed by atoms with Gasteiger partial charge >= 0.3 is 0 Å². The van der Waals surface area contributed by atoms with Crippen LogP contribution in [0.4, 0.5) is 0 Å². The maximum Gasteiger partial charge on any atom is 0.0569 e. The summed E-state index contributed by atoms with van der Waals surface area (Å²) in [5.74, 6) is 4.56. The summed E-state index contributed by atoms with van der Waals surface area (Å²) in [6.07, 6.45) is 13.2. The Bertz CT molecular complexity index is 705. The first-order chi connectivity index (χ1) is 14.5. The van der Waals surface area contributed by atoms with Gasteiger partial charge in [-0.05, 0) is 103 Å². The highest BCUT2D eigenvalue weighted by Gasteiger charge is 2.62. The first-order valence-corrected chi connectivity index (χ1v) is 13.9. The third kappa shape index (κ3) is 3.50. The summed E-state index contributed by atoms with van der Waals surface area (Å²) in [6, 6.07) is 0. The SMILES string of the molecule is CC(C)C(C)CC[C@@H](C)[C@H]1CC[C@@]2(C)C3=C(CC[C@]12C)[C@@]1(C)CC[C@H](O)[C@@H](C)[C@@H]1CC3. The maximum atomic E-state index is 10.6. The molecule has 4 aliphatic rings. The zero-order valence-corrected chi connectivity index (χ0v) is 22.1. The molecule has 2 saturated carbocycles. The Morgan fingerprint density at radius 2 is 1.58 bits per heavy atom. The van der Waals surface area contributed by atoms with Crippen LogP contribution >= 0.6 is 0 Å². The van der Waals surface area contributed by atoms with E-state index in [2.05, 4.69) is 55.4 Å². The molecule has 0 bridgehead atoms. The average molecular weight is 429 g/mol. The lowest BCUT2D eigenvalue weighted by molar-refractivity contribution is -0.0414. The van der Waals surface area contributed by atoms with Gasteiger partial charge in [-0.15, -0.1) is 0 Å². The van der Waals surface area contributed by atoms with Gasteiger partial charge in [-0.3, -0.25) is 0 Å². The van der Waals surface area contributed by atoms with Crippen molar-refractivity contribution in [2.45, 2.75) is 126 Å². The molecule has 1 heteroatoms. The molecule has 1 N–H and O–H groups in total. The Morgan fingerprint density at radius 3 is 2.26 bits per heavy atom. The second-order valence-electron chi connectivity index (χ2n) is 13.7. The van der Waals surface area contributed by atoms with Gasteiger partial charge in [-0.25, -0.2) is 0 Å². The van der Waals surface area contributed by atoms with Crippen LogP contribution in [0.15, 0.2) is 11.1 Å². The monoisotopic (exact) mass is 428 g/mol. The van der Waals surface area contributed by atoms with E-state index in [-0.39, 0.29) is 6.10 Å². The second kappa shape index (κ2) is 8.18. The van der Waals surface area contributed by atoms with Crippen LogP contribution in [0.2, 0.25) is 0 Å². The Morgan fingerprint density at radius 1 is 0.871 bits per heavy atom. The Balaban J connectivity index is 1.60. The molecule has 0 amide bonds. The maximum absolute atomic E-state index is 10.6. The quantitative estimate of drug-likeness (QED) is 0.436. The van der Waals surface area contributed by atoms with E-state index in [0.717, 1.165) is 30.1 Å². The van der Waals surface area contributed by atoms with Gasteiger partial charge in [-0.1, -0.05) is 79.4 Å². The number of allylic oxidation sites excluding steroid dienone is 2. The van der Waals surface area contributed by atoms with Crippen molar-refractivity contribution >= 4 is 0 Å². The molecule has 1 nitrogen and oxygen atoms in total. The lowest BCUT2D eigenvalue weighted by atomic mass is 9.45. The average Bonchev–Trinajstić information content (AvgIpc) is 3.00. The van der Waals surface area contributed by atoms with Gasteiger partial charge in [0.05, 0.1) is 6.10 Å². The molecular formula is C30H52O. The standard InChI is InChI=1S/C30H52O/c1-19(2)20(3)9-10-21(4)23-13-17-30(8)26-12-11-24-22(5)27(31)15-16-28(24,6)25(26)14-18-29(23,30)7/h19-24,27,31H,9-18H2,1-8H3/t20?,21-,22+,23-,24+,27+,28+,29-,30+/m1/s1. The summed E-state index contributed by atoms with van der Waals surface area (Å²) in [7, 11) is 0. The molecule has 4 aliphatic carbocycles. The molecule has 9 atom stereocenters. The van der Waals surface area contributed by atoms with Crippen molar-refractivity contribution in [1.29, 1.82) is 0 Å². The molecule has 0 aromatic heterocycles. The fourth-order valence-corrected chi connectivity index (χ4v) is 9.31. The molecule has 178 valence electrons. The number of aliphatic hydroxyl groups is 1. The van der Waals surface area contributed by atoms with Crippen LogP contribution in [0.5, 0.6) is 0 Å². The zero-order valence-electron chi connectivity index (χ0n) is 22.1. The topological polar surface area (TPSA) is 20.2 Å². The first-order valence-electron chi connectivity index (χ1n) is 13.9. The smallest absolute Gasteiger partial charge is 0.0569 e. The van der Waals surface area contributed by atoms with Crippen LogP contribution in [0.1, 0.15) is 120 Å². The first kappa shape index (κ1) is 23.8. The molecule has 0 aromatic rings. The van der Waals surface area contributed by atoms with Crippen LogP contribution < -0.4 is 0 Å². The minimum Gasteiger partial charge on any atom is -0.393 e. The fourth-order valence-electron chi connectivity index (χ4n) is 9.31. The molecule has 4 rings (SSSR count). The van der Waals surface area contributed by atoms with Gasteiger partial charge in [-0.2, -0.15) is 0 Å². The summed E-state index contributed by atoms with van der Waals surface area (Å²) >= 11 is 0. The largest absolute Gasteiger partial charge is 0.393 e. The van der Waals surface area contributed by atoms with Crippen molar-refractivity contribution in [3.8, 4) is 0 Å². The summed E-state index contributed by atoms with van der Waals surface area (Å²) < 4.78 is 0. The van der Waals surface area contributed by atoms with Crippen molar-refractivity contribution < 1.29 is 5.11 Å². The lowest BCUT2D eigenvalue weighted by Gasteiger charge is -2.60. The molecular weight excluding hydrogens is 376 g/mol. The molecule has 0 radical (unpaired) electrons. The predicted molar refractivity (Wildman–Crippen MR) is 133 cm³/mol. The van der Waals surface area contributed by atoms with E-state index in [4.69, 9.17) is 0 Å². The number of hydrogen-bond acceptors (Lipinski definition) is 1. The van der Waals surface area contributed by atoms with Crippen molar-refractivity contribution in [2.24, 2.45) is 51.8 Å². The molecule has 1 unspecified atom stereocenters. The van der Waals surface area contributed by atoms with Crippen molar-refractivity contribution in [1.82, 2.24) is 0 Å². The van der Waals surface area contributed by atoms with Gasteiger partial charge in [0.2, 0.25) is 0 Å². The number of rotatable bonds is 5. The minimum atomic E-state index is -0.0744. The van der Waals surface area contributed by atoms with Crippen molar-refractivity contribution in [3.63, 3.8) is 0 Å². The molecule has 0 saturated heterocycles. The number of aliphatic hydroxyl groups excluding tert-OH is 1. The van der Waals surface area contributed by atoms with E-state index in [1.807, 2.05) is 11.1 Å². The van der Waals surface area contributed by atoms with Crippen LogP contribution in [0.25, 0.3) is 0 Å². The Labute approximate surface area is 193 Å². The van der Waals surface area contributed by atoms with Crippen molar-refractivity contribution in [3.05, 3.63) is 11.1 Å². The third-order valence-corrected chi connectivity index (χ3v) is 12.3. The molecule has 0 spiro atoms. The highest BCUT2D eigenvalue weighted by Crippen LogP contribution is 2.71. The molecule has 2 fully saturated rings. The number of fused-ring (bicyclic) bond motifs is 4. The van der Waals surface area contributed by atoms with Crippen LogP contribution in [0, 0.1) is 51.8 Å². The molecule has 31 heavy (non-hydrogen) atoms. The van der Waals surface area contributed by atoms with Gasteiger partial charge in [0, 0.05) is 0 Å². The zero-order chi connectivity index (χ0) is 22.8. The second-order valence-corrected chi connectivity index (χ2v) is 13.7. The van der Waals surface area contributed by atoms with Crippen LogP contribution in [0.3, 0.4) is 0 Å². The normalized spacial score (nSPS) is 47.0. The lowest BCUT2D eigenvalue weighted by Crippen LogP contribution is -2.51. The van der Waals surface area contributed by atoms with Crippen LogP contribution in [-0.4, -0.2) is 11.2 Å². The van der Waals surface area contributed by atoms with E-state index in [9.17, 15) is 5.11 Å². The van der Waals surface area contributed by atoms with E-state index in [1.54, 1.807) is 0 Å². The predicted octanol–water partition coefficient (Wildman–Crippen LogP) is 8.41. The third-order valence-electron chi connectivity index (χ3n) is 12.3. The molecule has 0 aromatic carbocycles.